The van der Waals surface area contributed by atoms with Gasteiger partial charge in [-0.1, -0.05) is 78.4 Å². The van der Waals surface area contributed by atoms with Crippen LogP contribution in [0.5, 0.6) is 5.75 Å². The number of carbonyl (C=O) groups is 2. The van der Waals surface area contributed by atoms with Gasteiger partial charge >= 0.3 is 0 Å². The largest absolute Gasteiger partial charge is 0.503 e. The average Bonchev–Trinajstić information content (AvgIpc) is 3.67. The monoisotopic (exact) mass is 575 g/mol. The fourth-order valence-electron chi connectivity index (χ4n) is 4.31. The van der Waals surface area contributed by atoms with Gasteiger partial charge in [-0.15, -0.1) is 10.2 Å². The molecule has 1 atom stereocenters. The van der Waals surface area contributed by atoms with Gasteiger partial charge in [0.2, 0.25) is 10.9 Å². The van der Waals surface area contributed by atoms with Crippen molar-refractivity contribution in [2.24, 2.45) is 0 Å². The quantitative estimate of drug-likeness (QED) is 0.0882. The molecule has 1 aliphatic heterocycles. The molecule has 5 rings (SSSR count). The molecule has 1 unspecified atom stereocenters. The van der Waals surface area contributed by atoms with Crippen molar-refractivity contribution in [3.05, 3.63) is 100 Å². The van der Waals surface area contributed by atoms with Crippen LogP contribution in [0.2, 0.25) is 0 Å². The Hall–Kier alpha value is -3.89. The van der Waals surface area contributed by atoms with Gasteiger partial charge < -0.3 is 14.3 Å². The number of hydrogen-bond acceptors (Lipinski definition) is 9. The first-order valence-corrected chi connectivity index (χ1v) is 14.8. The van der Waals surface area contributed by atoms with Crippen molar-refractivity contribution in [1.29, 1.82) is 0 Å². The maximum absolute atomic E-state index is 13.6. The fourth-order valence-corrected chi connectivity index (χ4v) is 6.13. The first-order valence-electron chi connectivity index (χ1n) is 13.0. The number of nitrogens with zero attached hydrogens (tertiary/aromatic N) is 3. The van der Waals surface area contributed by atoms with E-state index in [9.17, 15) is 14.7 Å². The van der Waals surface area contributed by atoms with Crippen LogP contribution in [-0.4, -0.2) is 33.6 Å². The zero-order chi connectivity index (χ0) is 28.2. The number of amides is 1. The molecule has 0 radical (unpaired) electrons. The van der Waals surface area contributed by atoms with Crippen LogP contribution in [-0.2, 0) is 10.5 Å². The normalized spacial score (nSPS) is 15.2. The van der Waals surface area contributed by atoms with Gasteiger partial charge in [-0.25, -0.2) is 0 Å². The summed E-state index contributed by atoms with van der Waals surface area (Å²) in [5.74, 6) is 0.0628. The molecule has 1 N–H and O–H groups in total. The molecule has 4 aromatic rings. The van der Waals surface area contributed by atoms with Gasteiger partial charge in [0.05, 0.1) is 18.2 Å². The lowest BCUT2D eigenvalue weighted by Crippen LogP contribution is -2.31. The summed E-state index contributed by atoms with van der Waals surface area (Å²) in [4.78, 5) is 28.3. The molecule has 3 heterocycles. The van der Waals surface area contributed by atoms with Crippen molar-refractivity contribution in [2.45, 2.75) is 49.7 Å². The van der Waals surface area contributed by atoms with E-state index in [1.165, 1.54) is 39.6 Å². The Morgan fingerprint density at radius 1 is 1.07 bits per heavy atom. The number of unbranched alkanes of at least 4 members (excludes halogenated alkanes) is 1. The van der Waals surface area contributed by atoms with Crippen LogP contribution < -0.4 is 9.64 Å². The molecule has 1 aliphatic rings. The fraction of sp³-hybridized carbons (Fsp3) is 0.267. The highest BCUT2D eigenvalue weighted by Gasteiger charge is 2.46. The molecule has 10 heteroatoms. The second kappa shape index (κ2) is 12.1. The number of anilines is 1. The van der Waals surface area contributed by atoms with Crippen molar-refractivity contribution in [3.8, 4) is 5.75 Å². The van der Waals surface area contributed by atoms with Crippen molar-refractivity contribution < 1.29 is 23.8 Å². The van der Waals surface area contributed by atoms with Crippen LogP contribution >= 0.6 is 23.1 Å². The average molecular weight is 576 g/mol. The number of ketones is 1. The number of thioether (sulfide) groups is 1. The standard InChI is InChI=1S/C30H29N3O5S2/c1-4-5-16-37-22-13-11-21(12-14-22)25-24(26(34)23-15-8-19(3)38-23)27(35)28(36)33(25)29-31-32-30(40-29)39-17-20-9-6-18(2)7-10-20/h6-15,25,35H,4-5,16-17H2,1-3H3. The molecule has 206 valence electrons. The van der Waals surface area contributed by atoms with Crippen molar-refractivity contribution in [3.63, 3.8) is 0 Å². The van der Waals surface area contributed by atoms with Crippen LogP contribution in [0.15, 0.2) is 80.8 Å². The Kier molecular flexibility index (Phi) is 8.37. The Bertz CT molecular complexity index is 1540. The number of ether oxygens (including phenoxy) is 1. The first-order chi connectivity index (χ1) is 19.4. The van der Waals surface area contributed by atoms with Gasteiger partial charge in [0.15, 0.2) is 15.9 Å². The van der Waals surface area contributed by atoms with Gasteiger partial charge in [0.1, 0.15) is 11.5 Å². The van der Waals surface area contributed by atoms with E-state index >= 15 is 0 Å². The summed E-state index contributed by atoms with van der Waals surface area (Å²) < 4.78 is 12.0. The molecule has 0 fully saturated rings. The highest BCUT2D eigenvalue weighted by Crippen LogP contribution is 2.44. The maximum Gasteiger partial charge on any atom is 0.296 e. The summed E-state index contributed by atoms with van der Waals surface area (Å²) in [5, 5.41) is 19.8. The molecule has 0 saturated carbocycles. The molecule has 0 aliphatic carbocycles. The predicted molar refractivity (Wildman–Crippen MR) is 155 cm³/mol. The molecule has 2 aromatic carbocycles. The van der Waals surface area contributed by atoms with E-state index in [4.69, 9.17) is 9.15 Å². The minimum Gasteiger partial charge on any atom is -0.503 e. The minimum atomic E-state index is -0.919. The Morgan fingerprint density at radius 3 is 2.50 bits per heavy atom. The van der Waals surface area contributed by atoms with E-state index in [0.29, 0.717) is 33.8 Å². The van der Waals surface area contributed by atoms with Gasteiger partial charge in [-0.2, -0.15) is 0 Å². The summed E-state index contributed by atoms with van der Waals surface area (Å²) in [7, 11) is 0. The highest BCUT2D eigenvalue weighted by molar-refractivity contribution is 8.00. The molecular weight excluding hydrogens is 546 g/mol. The molecule has 2 aromatic heterocycles. The third kappa shape index (κ3) is 5.83. The topological polar surface area (TPSA) is 106 Å². The van der Waals surface area contributed by atoms with E-state index in [1.54, 1.807) is 37.3 Å². The molecule has 0 spiro atoms. The zero-order valence-corrected chi connectivity index (χ0v) is 24.1. The summed E-state index contributed by atoms with van der Waals surface area (Å²) in [6.07, 6.45) is 1.96. The van der Waals surface area contributed by atoms with Gasteiger partial charge in [0, 0.05) is 5.75 Å². The number of aliphatic hydroxyl groups is 1. The molecular formula is C30H29N3O5S2. The Labute approximate surface area is 240 Å². The van der Waals surface area contributed by atoms with Crippen LogP contribution in [0, 0.1) is 13.8 Å². The molecule has 0 bridgehead atoms. The number of aliphatic hydroxyl groups excluding tert-OH is 1. The van der Waals surface area contributed by atoms with Crippen molar-refractivity contribution >= 4 is 39.9 Å². The van der Waals surface area contributed by atoms with E-state index < -0.39 is 23.5 Å². The summed E-state index contributed by atoms with van der Waals surface area (Å²) >= 11 is 2.74. The maximum atomic E-state index is 13.6. The third-order valence-electron chi connectivity index (χ3n) is 6.46. The molecule has 40 heavy (non-hydrogen) atoms. The summed E-state index contributed by atoms with van der Waals surface area (Å²) in [6, 6.07) is 17.7. The van der Waals surface area contributed by atoms with Crippen molar-refractivity contribution in [1.82, 2.24) is 10.2 Å². The number of aryl methyl sites for hydroxylation is 2. The first kappa shape index (κ1) is 27.7. The summed E-state index contributed by atoms with van der Waals surface area (Å²) in [6.45, 7) is 6.46. The Balaban J connectivity index is 1.46. The van der Waals surface area contributed by atoms with Crippen LogP contribution in [0.4, 0.5) is 5.13 Å². The predicted octanol–water partition coefficient (Wildman–Crippen LogP) is 7.00. The van der Waals surface area contributed by atoms with E-state index in [2.05, 4.69) is 41.4 Å². The number of Topliss-reactive ketones (excluding diaryl/α,β-unsaturated/α-hetero) is 1. The van der Waals surface area contributed by atoms with E-state index in [1.807, 2.05) is 6.92 Å². The van der Waals surface area contributed by atoms with Gasteiger partial charge in [-0.3, -0.25) is 14.5 Å². The lowest BCUT2D eigenvalue weighted by Gasteiger charge is -2.24. The number of aromatic nitrogens is 2. The SMILES string of the molecule is CCCCOc1ccc(C2C(C(=O)c3ccc(C)o3)=C(O)C(=O)N2c2nnc(SCc3ccc(C)cc3)s2)cc1. The van der Waals surface area contributed by atoms with Crippen molar-refractivity contribution in [2.75, 3.05) is 11.5 Å². The highest BCUT2D eigenvalue weighted by atomic mass is 32.2. The molecule has 0 saturated heterocycles. The van der Waals surface area contributed by atoms with Crippen LogP contribution in [0.1, 0.15) is 58.8 Å². The molecule has 1 amide bonds. The number of benzene rings is 2. The van der Waals surface area contributed by atoms with E-state index in [0.717, 1.165) is 18.4 Å². The second-order valence-electron chi connectivity index (χ2n) is 9.48. The lowest BCUT2D eigenvalue weighted by molar-refractivity contribution is -0.117. The van der Waals surface area contributed by atoms with Gasteiger partial charge in [-0.05, 0) is 55.7 Å². The second-order valence-corrected chi connectivity index (χ2v) is 11.7. The number of furan rings is 1. The minimum absolute atomic E-state index is 0.0461. The van der Waals surface area contributed by atoms with Gasteiger partial charge in [0.25, 0.3) is 5.91 Å². The number of carbonyl (C=O) groups excluding carboxylic acids is 2. The van der Waals surface area contributed by atoms with E-state index in [-0.39, 0.29) is 16.5 Å². The van der Waals surface area contributed by atoms with Crippen LogP contribution in [0.3, 0.4) is 0 Å². The lowest BCUT2D eigenvalue weighted by atomic mass is 9.95. The summed E-state index contributed by atoms with van der Waals surface area (Å²) in [5.41, 5.74) is 2.89. The van der Waals surface area contributed by atoms with Crippen LogP contribution in [0.25, 0.3) is 0 Å². The smallest absolute Gasteiger partial charge is 0.296 e. The molecule has 8 nitrogen and oxygen atoms in total. The zero-order valence-electron chi connectivity index (χ0n) is 22.4. The third-order valence-corrected chi connectivity index (χ3v) is 8.59. The number of rotatable bonds is 11. The Morgan fingerprint density at radius 2 is 1.82 bits per heavy atom. The number of hydrogen-bond donors (Lipinski definition) is 1.